The maximum atomic E-state index is 11.9. The molecule has 1 heterocycles. The lowest BCUT2D eigenvalue weighted by Gasteiger charge is -2.20. The first-order chi connectivity index (χ1) is 7.85. The minimum atomic E-state index is -0.252. The van der Waals surface area contributed by atoms with Crippen molar-refractivity contribution in [1.82, 2.24) is 15.3 Å². The number of imidazole rings is 1. The summed E-state index contributed by atoms with van der Waals surface area (Å²) in [6, 6.07) is 5.26. The Kier molecular flexibility index (Phi) is 2.83. The molecule has 0 atom stereocenters. The minimum absolute atomic E-state index is 0.106. The standard InChI is InChI=1S/C12H14ClN3O/c1-12(2,3)16-10(17)7-4-5-8-9(6-7)15-11(13)14-8/h4-6H,1-3H3,(H,14,15)(H,16,17). The molecule has 2 N–H and O–H groups in total. The molecular formula is C12H14ClN3O. The fraction of sp³-hybridized carbons (Fsp3) is 0.333. The van der Waals surface area contributed by atoms with E-state index in [4.69, 9.17) is 11.6 Å². The molecular weight excluding hydrogens is 238 g/mol. The fourth-order valence-corrected chi connectivity index (χ4v) is 1.73. The Morgan fingerprint density at radius 2 is 2.12 bits per heavy atom. The van der Waals surface area contributed by atoms with Gasteiger partial charge < -0.3 is 10.3 Å². The summed E-state index contributed by atoms with van der Waals surface area (Å²) < 4.78 is 0. The number of hydrogen-bond donors (Lipinski definition) is 2. The van der Waals surface area contributed by atoms with E-state index in [2.05, 4.69) is 15.3 Å². The zero-order valence-electron chi connectivity index (χ0n) is 9.97. The molecule has 0 aliphatic rings. The van der Waals surface area contributed by atoms with Crippen molar-refractivity contribution in [3.05, 3.63) is 29.0 Å². The van der Waals surface area contributed by atoms with E-state index >= 15 is 0 Å². The number of carbonyl (C=O) groups excluding carboxylic acids is 1. The lowest BCUT2D eigenvalue weighted by Crippen LogP contribution is -2.40. The first kappa shape index (κ1) is 11.9. The molecule has 5 heteroatoms. The van der Waals surface area contributed by atoms with Crippen LogP contribution in [0.2, 0.25) is 5.28 Å². The third kappa shape index (κ3) is 2.77. The average molecular weight is 252 g/mol. The average Bonchev–Trinajstić information content (AvgIpc) is 2.53. The van der Waals surface area contributed by atoms with Crippen LogP contribution in [-0.4, -0.2) is 21.4 Å². The second kappa shape index (κ2) is 4.04. The van der Waals surface area contributed by atoms with Crippen LogP contribution >= 0.6 is 11.6 Å². The summed E-state index contributed by atoms with van der Waals surface area (Å²) in [6.07, 6.45) is 0. The third-order valence-corrected chi connectivity index (χ3v) is 2.38. The molecule has 0 fully saturated rings. The molecule has 2 aromatic rings. The van der Waals surface area contributed by atoms with Crippen molar-refractivity contribution in [2.75, 3.05) is 0 Å². The third-order valence-electron chi connectivity index (χ3n) is 2.20. The van der Waals surface area contributed by atoms with Gasteiger partial charge in [-0.05, 0) is 50.6 Å². The number of nitrogens with zero attached hydrogens (tertiary/aromatic N) is 1. The van der Waals surface area contributed by atoms with E-state index in [1.54, 1.807) is 18.2 Å². The van der Waals surface area contributed by atoms with Crippen LogP contribution in [0.5, 0.6) is 0 Å². The Hall–Kier alpha value is -1.55. The van der Waals surface area contributed by atoms with E-state index < -0.39 is 0 Å². The van der Waals surface area contributed by atoms with E-state index in [1.807, 2.05) is 20.8 Å². The predicted molar refractivity (Wildman–Crippen MR) is 68.3 cm³/mol. The second-order valence-electron chi connectivity index (χ2n) is 4.96. The van der Waals surface area contributed by atoms with Crippen molar-refractivity contribution in [3.8, 4) is 0 Å². The molecule has 1 aromatic carbocycles. The van der Waals surface area contributed by atoms with Crippen LogP contribution in [0.1, 0.15) is 31.1 Å². The molecule has 0 bridgehead atoms. The summed E-state index contributed by atoms with van der Waals surface area (Å²) >= 11 is 5.75. The lowest BCUT2D eigenvalue weighted by molar-refractivity contribution is 0.0919. The Morgan fingerprint density at radius 3 is 2.76 bits per heavy atom. The Bertz CT molecular complexity index is 569. The molecule has 0 radical (unpaired) electrons. The van der Waals surface area contributed by atoms with Crippen LogP contribution in [0.25, 0.3) is 11.0 Å². The van der Waals surface area contributed by atoms with Crippen LogP contribution in [0.3, 0.4) is 0 Å². The summed E-state index contributed by atoms with van der Waals surface area (Å²) in [4.78, 5) is 18.9. The fourth-order valence-electron chi connectivity index (χ4n) is 1.53. The molecule has 2 rings (SSSR count). The monoisotopic (exact) mass is 251 g/mol. The smallest absolute Gasteiger partial charge is 0.251 e. The van der Waals surface area contributed by atoms with Crippen LogP contribution in [-0.2, 0) is 0 Å². The Balaban J connectivity index is 2.33. The quantitative estimate of drug-likeness (QED) is 0.819. The van der Waals surface area contributed by atoms with Gasteiger partial charge in [0.15, 0.2) is 0 Å². The Labute approximate surface area is 104 Å². The number of aromatic amines is 1. The van der Waals surface area contributed by atoms with Crippen molar-refractivity contribution in [1.29, 1.82) is 0 Å². The number of carbonyl (C=O) groups is 1. The molecule has 17 heavy (non-hydrogen) atoms. The first-order valence-electron chi connectivity index (χ1n) is 5.33. The molecule has 1 amide bonds. The largest absolute Gasteiger partial charge is 0.347 e. The molecule has 0 saturated heterocycles. The number of amides is 1. The summed E-state index contributed by atoms with van der Waals surface area (Å²) in [5, 5.41) is 3.23. The van der Waals surface area contributed by atoms with Crippen LogP contribution in [0, 0.1) is 0 Å². The van der Waals surface area contributed by atoms with Gasteiger partial charge in [-0.2, -0.15) is 0 Å². The van der Waals surface area contributed by atoms with E-state index in [0.717, 1.165) is 11.0 Å². The molecule has 0 aliphatic heterocycles. The summed E-state index contributed by atoms with van der Waals surface area (Å²) in [7, 11) is 0. The van der Waals surface area contributed by atoms with Gasteiger partial charge in [0.25, 0.3) is 5.91 Å². The van der Waals surface area contributed by atoms with E-state index in [-0.39, 0.29) is 11.4 Å². The second-order valence-corrected chi connectivity index (χ2v) is 5.32. The van der Waals surface area contributed by atoms with Crippen molar-refractivity contribution in [3.63, 3.8) is 0 Å². The number of fused-ring (bicyclic) bond motifs is 1. The van der Waals surface area contributed by atoms with Gasteiger partial charge in [0.2, 0.25) is 5.28 Å². The number of rotatable bonds is 1. The first-order valence-corrected chi connectivity index (χ1v) is 5.71. The number of aromatic nitrogens is 2. The zero-order valence-corrected chi connectivity index (χ0v) is 10.7. The summed E-state index contributed by atoms with van der Waals surface area (Å²) in [6.45, 7) is 5.82. The van der Waals surface area contributed by atoms with Gasteiger partial charge in [-0.1, -0.05) is 0 Å². The van der Waals surface area contributed by atoms with Crippen molar-refractivity contribution in [2.45, 2.75) is 26.3 Å². The topological polar surface area (TPSA) is 57.8 Å². The molecule has 0 saturated carbocycles. The molecule has 90 valence electrons. The van der Waals surface area contributed by atoms with Gasteiger partial charge in [0.05, 0.1) is 11.0 Å². The van der Waals surface area contributed by atoms with Crippen LogP contribution < -0.4 is 5.32 Å². The summed E-state index contributed by atoms with van der Waals surface area (Å²) in [5.74, 6) is -0.106. The molecule has 0 spiro atoms. The van der Waals surface area contributed by atoms with Gasteiger partial charge in [0, 0.05) is 11.1 Å². The molecule has 0 unspecified atom stereocenters. The number of halogens is 1. The van der Waals surface area contributed by atoms with E-state index in [0.29, 0.717) is 10.8 Å². The SMILES string of the molecule is CC(C)(C)NC(=O)c1ccc2nc(Cl)[nH]c2c1. The Morgan fingerprint density at radius 1 is 1.41 bits per heavy atom. The van der Waals surface area contributed by atoms with Gasteiger partial charge >= 0.3 is 0 Å². The molecule has 4 nitrogen and oxygen atoms in total. The number of H-pyrrole nitrogens is 1. The van der Waals surface area contributed by atoms with Crippen molar-refractivity contribution in [2.24, 2.45) is 0 Å². The van der Waals surface area contributed by atoms with Gasteiger partial charge in [-0.15, -0.1) is 0 Å². The van der Waals surface area contributed by atoms with Gasteiger partial charge in [-0.3, -0.25) is 4.79 Å². The van der Waals surface area contributed by atoms with Crippen LogP contribution in [0.4, 0.5) is 0 Å². The number of nitrogens with one attached hydrogen (secondary N) is 2. The molecule has 0 aliphatic carbocycles. The van der Waals surface area contributed by atoms with E-state index in [1.165, 1.54) is 0 Å². The minimum Gasteiger partial charge on any atom is -0.347 e. The van der Waals surface area contributed by atoms with Crippen LogP contribution in [0.15, 0.2) is 18.2 Å². The predicted octanol–water partition coefficient (Wildman–Crippen LogP) is 2.74. The highest BCUT2D eigenvalue weighted by atomic mass is 35.5. The van der Waals surface area contributed by atoms with Gasteiger partial charge in [0.1, 0.15) is 0 Å². The zero-order chi connectivity index (χ0) is 12.6. The highest BCUT2D eigenvalue weighted by Gasteiger charge is 2.15. The molecule has 1 aromatic heterocycles. The highest BCUT2D eigenvalue weighted by molar-refractivity contribution is 6.29. The van der Waals surface area contributed by atoms with Crippen molar-refractivity contribution >= 4 is 28.5 Å². The van der Waals surface area contributed by atoms with Gasteiger partial charge in [-0.25, -0.2) is 4.98 Å². The highest BCUT2D eigenvalue weighted by Crippen LogP contribution is 2.16. The van der Waals surface area contributed by atoms with Crippen molar-refractivity contribution < 1.29 is 4.79 Å². The maximum Gasteiger partial charge on any atom is 0.251 e. The maximum absolute atomic E-state index is 11.9. The number of hydrogen-bond acceptors (Lipinski definition) is 2. The lowest BCUT2D eigenvalue weighted by atomic mass is 10.1. The normalized spacial score (nSPS) is 11.8. The number of benzene rings is 1. The summed E-state index contributed by atoms with van der Waals surface area (Å²) in [5.41, 5.74) is 1.85. The van der Waals surface area contributed by atoms with E-state index in [9.17, 15) is 4.79 Å².